The highest BCUT2D eigenvalue weighted by molar-refractivity contribution is 5.73. The minimum absolute atomic E-state index is 0.131. The van der Waals surface area contributed by atoms with E-state index in [0.29, 0.717) is 6.42 Å². The average Bonchev–Trinajstić information content (AvgIpc) is 3.06. The third kappa shape index (κ3) is 10.1. The summed E-state index contributed by atoms with van der Waals surface area (Å²) in [5.74, 6) is -3.23. The maximum absolute atomic E-state index is 14.2. The van der Waals surface area contributed by atoms with Crippen molar-refractivity contribution in [2.75, 3.05) is 35.3 Å². The molecule has 19 atom stereocenters. The lowest BCUT2D eigenvalue weighted by atomic mass is 9.72. The summed E-state index contributed by atoms with van der Waals surface area (Å²) in [5, 5.41) is 58.9. The standard InChI is InChI=1S/C39H74N2O12/c1-16-27-39(10,47)32(43)22(4)29(41(13)14)20(2)18-37(8,46)34(53-36-30(42)26(40(11)12)17-21(3)49-36)23(5)31(24(6)35(45)51-27)52-28-19-38(9,48-15)33(44)25(7)50-28/h20-34,36,42-44,46-47H,16-19H2,1-15H3/t20-,21-,22+,23+,24-,25+,26+,27?,28+,29-,30-,31?,32-,33+,34-,36+,37-,38-,39-/m1/s1. The fourth-order valence-electron chi connectivity index (χ4n) is 9.57. The van der Waals surface area contributed by atoms with E-state index in [4.69, 9.17) is 28.4 Å². The molecule has 0 bridgehead atoms. The molecule has 3 fully saturated rings. The van der Waals surface area contributed by atoms with Gasteiger partial charge in [-0.2, -0.15) is 0 Å². The van der Waals surface area contributed by atoms with Crippen molar-refractivity contribution >= 4 is 5.97 Å². The molecule has 14 heteroatoms. The summed E-state index contributed by atoms with van der Waals surface area (Å²) in [6.45, 7) is 17.7. The molecule has 3 aliphatic rings. The summed E-state index contributed by atoms with van der Waals surface area (Å²) < 4.78 is 37.7. The lowest BCUT2D eigenvalue weighted by Gasteiger charge is -2.50. The Morgan fingerprint density at radius 2 is 1.45 bits per heavy atom. The van der Waals surface area contributed by atoms with Crippen molar-refractivity contribution in [2.45, 2.75) is 185 Å². The fraction of sp³-hybridized carbons (Fsp3) is 0.974. The number of rotatable bonds is 8. The Morgan fingerprint density at radius 3 is 1.98 bits per heavy atom. The van der Waals surface area contributed by atoms with Crippen LogP contribution in [-0.2, 0) is 33.2 Å². The van der Waals surface area contributed by atoms with Gasteiger partial charge in [-0.1, -0.05) is 27.7 Å². The van der Waals surface area contributed by atoms with Crippen molar-refractivity contribution in [1.29, 1.82) is 0 Å². The third-order valence-electron chi connectivity index (χ3n) is 12.6. The summed E-state index contributed by atoms with van der Waals surface area (Å²) >= 11 is 0. The first-order valence-corrected chi connectivity index (χ1v) is 19.5. The number of hydrogen-bond donors (Lipinski definition) is 5. The molecular weight excluding hydrogens is 688 g/mol. The summed E-state index contributed by atoms with van der Waals surface area (Å²) in [6, 6.07) is -0.622. The molecule has 53 heavy (non-hydrogen) atoms. The number of nitrogens with zero attached hydrogens (tertiary/aromatic N) is 2. The van der Waals surface area contributed by atoms with Gasteiger partial charge in [-0.05, 0) is 94.9 Å². The van der Waals surface area contributed by atoms with E-state index in [-0.39, 0.29) is 43.4 Å². The molecule has 0 amide bonds. The van der Waals surface area contributed by atoms with Gasteiger partial charge in [0.05, 0.1) is 47.6 Å². The first-order chi connectivity index (χ1) is 24.3. The van der Waals surface area contributed by atoms with E-state index in [2.05, 4.69) is 0 Å². The van der Waals surface area contributed by atoms with Crippen LogP contribution in [0.15, 0.2) is 0 Å². The van der Waals surface area contributed by atoms with Crippen molar-refractivity contribution in [2.24, 2.45) is 23.7 Å². The Kier molecular flexibility index (Phi) is 15.8. The van der Waals surface area contributed by atoms with E-state index in [1.807, 2.05) is 65.7 Å². The zero-order chi connectivity index (χ0) is 40.5. The number of cyclic esters (lactones) is 1. The van der Waals surface area contributed by atoms with Crippen LogP contribution in [0.25, 0.3) is 0 Å². The molecule has 3 saturated heterocycles. The lowest BCUT2D eigenvalue weighted by molar-refractivity contribution is -0.318. The first-order valence-electron chi connectivity index (χ1n) is 19.5. The maximum Gasteiger partial charge on any atom is 0.311 e. The van der Waals surface area contributed by atoms with Crippen LogP contribution in [0.1, 0.15) is 94.9 Å². The van der Waals surface area contributed by atoms with Crippen LogP contribution in [-0.4, -0.2) is 167 Å². The van der Waals surface area contributed by atoms with Gasteiger partial charge in [-0.15, -0.1) is 0 Å². The number of hydrogen-bond acceptors (Lipinski definition) is 14. The van der Waals surface area contributed by atoms with E-state index in [1.54, 1.807) is 34.6 Å². The monoisotopic (exact) mass is 763 g/mol. The van der Waals surface area contributed by atoms with Gasteiger partial charge in [0.15, 0.2) is 12.6 Å². The molecule has 0 aromatic heterocycles. The number of methoxy groups -OCH3 is 1. The third-order valence-corrected chi connectivity index (χ3v) is 12.6. The predicted molar refractivity (Wildman–Crippen MR) is 199 cm³/mol. The van der Waals surface area contributed by atoms with Gasteiger partial charge >= 0.3 is 5.97 Å². The number of aliphatic hydroxyl groups is 5. The molecule has 0 radical (unpaired) electrons. The van der Waals surface area contributed by atoms with Gasteiger partial charge in [-0.25, -0.2) is 0 Å². The van der Waals surface area contributed by atoms with Gasteiger partial charge in [-0.3, -0.25) is 4.79 Å². The summed E-state index contributed by atoms with van der Waals surface area (Å²) in [7, 11) is 9.06. The number of likely N-dealkylation sites (N-methyl/N-ethyl adjacent to an activating group) is 1. The van der Waals surface area contributed by atoms with Crippen molar-refractivity contribution in [1.82, 2.24) is 9.80 Å². The second-order valence-corrected chi connectivity index (χ2v) is 17.7. The smallest absolute Gasteiger partial charge is 0.311 e. The molecule has 0 aromatic carbocycles. The summed E-state index contributed by atoms with van der Waals surface area (Å²) in [5.41, 5.74) is -4.45. The molecule has 2 unspecified atom stereocenters. The number of ether oxygens (including phenoxy) is 6. The van der Waals surface area contributed by atoms with Gasteiger partial charge in [0.25, 0.3) is 0 Å². The van der Waals surface area contributed by atoms with Crippen molar-refractivity contribution < 1.29 is 58.7 Å². The minimum Gasteiger partial charge on any atom is -0.459 e. The average molecular weight is 763 g/mol. The van der Waals surface area contributed by atoms with Crippen LogP contribution in [0.5, 0.6) is 0 Å². The van der Waals surface area contributed by atoms with Crippen LogP contribution >= 0.6 is 0 Å². The molecule has 312 valence electrons. The topological polar surface area (TPSA) is 180 Å². The Labute approximate surface area is 318 Å². The van der Waals surface area contributed by atoms with Crippen LogP contribution in [0.3, 0.4) is 0 Å². The second-order valence-electron chi connectivity index (χ2n) is 17.7. The number of aliphatic hydroxyl groups excluding tert-OH is 3. The maximum atomic E-state index is 14.2. The Hall–Kier alpha value is -1.01. The van der Waals surface area contributed by atoms with Crippen LogP contribution < -0.4 is 0 Å². The fourth-order valence-corrected chi connectivity index (χ4v) is 9.57. The molecular formula is C39H74N2O12. The SMILES string of the molecule is CCC1OC(=O)[C@H](C)C(O[C@H]2C[C@@](C)(OC)[C@@H](O)[C@H](C)O2)[C@H](C)[C@@H](O[C@@H]2O[C@H](C)C[C@H](N(C)C)[C@H]2O)[C@](C)(O)C[C@@H](C)[C@@H](N(C)C)[C@H](C)[C@@H](O)[C@]1(C)O. The summed E-state index contributed by atoms with van der Waals surface area (Å²) in [4.78, 5) is 18.1. The number of esters is 1. The van der Waals surface area contributed by atoms with E-state index >= 15 is 0 Å². The molecule has 0 saturated carbocycles. The predicted octanol–water partition coefficient (Wildman–Crippen LogP) is 2.15. The van der Waals surface area contributed by atoms with Crippen LogP contribution in [0.2, 0.25) is 0 Å². The highest BCUT2D eigenvalue weighted by Gasteiger charge is 2.53. The van der Waals surface area contributed by atoms with E-state index < -0.39 is 95.8 Å². The summed E-state index contributed by atoms with van der Waals surface area (Å²) in [6.07, 6.45) is -8.35. The second kappa shape index (κ2) is 18.1. The molecule has 0 spiro atoms. The zero-order valence-corrected chi connectivity index (χ0v) is 35.1. The molecule has 5 N–H and O–H groups in total. The Bertz CT molecular complexity index is 1170. The highest BCUT2D eigenvalue weighted by atomic mass is 16.7. The zero-order valence-electron chi connectivity index (χ0n) is 35.1. The minimum atomic E-state index is -1.82. The van der Waals surface area contributed by atoms with E-state index in [0.717, 1.165) is 0 Å². The molecule has 14 nitrogen and oxygen atoms in total. The molecule has 3 aliphatic heterocycles. The van der Waals surface area contributed by atoms with Crippen molar-refractivity contribution in [3.63, 3.8) is 0 Å². The Morgan fingerprint density at radius 1 is 0.849 bits per heavy atom. The molecule has 0 aromatic rings. The van der Waals surface area contributed by atoms with Crippen LogP contribution in [0.4, 0.5) is 0 Å². The van der Waals surface area contributed by atoms with Gasteiger partial charge in [0, 0.05) is 37.5 Å². The van der Waals surface area contributed by atoms with E-state index in [1.165, 1.54) is 14.0 Å². The molecule has 0 aliphatic carbocycles. The Balaban J connectivity index is 2.22. The van der Waals surface area contributed by atoms with Gasteiger partial charge in [0.2, 0.25) is 0 Å². The quantitative estimate of drug-likeness (QED) is 0.227. The normalized spacial score (nSPS) is 49.8. The van der Waals surface area contributed by atoms with Crippen LogP contribution in [0, 0.1) is 23.7 Å². The lowest BCUT2D eigenvalue weighted by Crippen LogP contribution is -2.62. The largest absolute Gasteiger partial charge is 0.459 e. The first kappa shape index (κ1) is 46.4. The van der Waals surface area contributed by atoms with Gasteiger partial charge < -0.3 is 63.8 Å². The number of carbonyl (C=O) groups is 1. The van der Waals surface area contributed by atoms with Crippen molar-refractivity contribution in [3.8, 4) is 0 Å². The molecule has 3 rings (SSSR count). The van der Waals surface area contributed by atoms with E-state index in [9.17, 15) is 30.3 Å². The number of carbonyl (C=O) groups excluding carboxylic acids is 1. The van der Waals surface area contributed by atoms with Crippen molar-refractivity contribution in [3.05, 3.63) is 0 Å². The highest BCUT2D eigenvalue weighted by Crippen LogP contribution is 2.42. The van der Waals surface area contributed by atoms with Gasteiger partial charge in [0.1, 0.15) is 23.9 Å². The molecule has 3 heterocycles.